The molecule has 0 bridgehead atoms. The molecule has 0 heterocycles. The minimum Gasteiger partial charge on any atom is -0.207 e. The average Bonchev–Trinajstić information content (AvgIpc) is 3.24. The molecule has 0 nitrogen and oxygen atoms in total. The topological polar surface area (TPSA) is 0 Å². The molecule has 324 valence electrons. The molecule has 0 fully saturated rings. The Balaban J connectivity index is 1.94. The van der Waals surface area contributed by atoms with Crippen molar-refractivity contribution >= 4 is 13.3 Å². The first-order chi connectivity index (χ1) is 28.7. The fraction of sp³-hybridized carbons (Fsp3) is 0. The molecule has 0 atom stereocenters. The van der Waals surface area contributed by atoms with E-state index in [4.69, 9.17) is 0 Å². The number of hydrogen-bond acceptors (Lipinski definition) is 0. The molecule has 0 spiro atoms. The van der Waals surface area contributed by atoms with Gasteiger partial charge in [-0.15, -0.1) is 0 Å². The molecule has 0 unspecified atom stereocenters. The van der Waals surface area contributed by atoms with Crippen molar-refractivity contribution in [1.29, 1.82) is 0 Å². The van der Waals surface area contributed by atoms with E-state index < -0.39 is 207 Å². The van der Waals surface area contributed by atoms with Gasteiger partial charge in [-0.05, 0) is 5.46 Å². The van der Waals surface area contributed by atoms with Gasteiger partial charge in [0.05, 0.1) is 27.8 Å². The maximum Gasteiger partial charge on any atom is 0.200 e. The third-order valence-corrected chi connectivity index (χ3v) is 9.02. The summed E-state index contributed by atoms with van der Waals surface area (Å²) >= 11 is 0. The summed E-state index contributed by atoms with van der Waals surface area (Å²) in [5, 5.41) is 0. The van der Waals surface area contributed by atoms with Crippen LogP contribution in [0, 0.1) is 145 Å². The van der Waals surface area contributed by atoms with Gasteiger partial charge in [-0.25, -0.2) is 110 Å². The maximum atomic E-state index is 17.0. The molecule has 0 aliphatic rings. The lowest BCUT2D eigenvalue weighted by Gasteiger charge is -2.23. The van der Waals surface area contributed by atoms with Gasteiger partial charge in [-0.1, -0.05) is 0 Å². The zero-order valence-corrected chi connectivity index (χ0v) is 28.4. The molecule has 0 saturated heterocycles. The summed E-state index contributed by atoms with van der Waals surface area (Å²) in [6, 6.07) is 0. The second kappa shape index (κ2) is 15.2. The van der Waals surface area contributed by atoms with Crippen molar-refractivity contribution in [3.05, 3.63) is 145 Å². The quantitative estimate of drug-likeness (QED) is 0.0700. The summed E-state index contributed by atoms with van der Waals surface area (Å²) < 4.78 is 375. The Bertz CT molecular complexity index is 2910. The van der Waals surface area contributed by atoms with Gasteiger partial charge >= 0.3 is 0 Å². The Morgan fingerprint density at radius 1 is 0.129 bits per heavy atom. The van der Waals surface area contributed by atoms with Crippen LogP contribution in [-0.2, 0) is 0 Å². The van der Waals surface area contributed by atoms with E-state index in [0.717, 1.165) is 0 Å². The van der Waals surface area contributed by atoms with Gasteiger partial charge in [-0.2, -0.15) is 0 Å². The average molecular weight is 920 g/mol. The van der Waals surface area contributed by atoms with Crippen molar-refractivity contribution in [3.8, 4) is 55.6 Å². The normalized spacial score (nSPS) is 11.7. The van der Waals surface area contributed by atoms with Crippen LogP contribution in [0.15, 0.2) is 0 Å². The highest BCUT2D eigenvalue weighted by molar-refractivity contribution is 6.36. The lowest BCUT2D eigenvalue weighted by atomic mass is 9.80. The second-order valence-corrected chi connectivity index (χ2v) is 12.2. The monoisotopic (exact) mass is 920 g/mol. The Labute approximate surface area is 324 Å². The summed E-state index contributed by atoms with van der Waals surface area (Å²) in [6.07, 6.45) is 0. The first kappa shape index (κ1) is 45.2. The zero-order valence-electron chi connectivity index (χ0n) is 28.4. The minimum atomic E-state index is -3.59. The number of hydrogen-bond donors (Lipinski definition) is 0. The molecule has 0 saturated carbocycles. The van der Waals surface area contributed by atoms with Gasteiger partial charge in [0.1, 0.15) is 19.5 Å². The second-order valence-electron chi connectivity index (χ2n) is 12.2. The Hall–Kier alpha value is -6.37. The molecule has 6 rings (SSSR count). The fourth-order valence-corrected chi connectivity index (χ4v) is 6.22. The highest BCUT2D eigenvalue weighted by Gasteiger charge is 2.42. The van der Waals surface area contributed by atoms with Crippen molar-refractivity contribution < 1.29 is 110 Å². The van der Waals surface area contributed by atoms with E-state index in [1.165, 1.54) is 0 Å². The van der Waals surface area contributed by atoms with Gasteiger partial charge in [0.25, 0.3) is 0 Å². The molecular weight excluding hydrogens is 918 g/mol. The first-order valence-electron chi connectivity index (χ1n) is 15.5. The summed E-state index contributed by atoms with van der Waals surface area (Å²) in [6.45, 7) is 0. The molecular formula is C36H2BF25. The largest absolute Gasteiger partial charge is 0.207 e. The highest BCUT2D eigenvalue weighted by Crippen LogP contribution is 2.51. The standard InChI is InChI=1S/C36H2BF25/c37-11-5(10-24(50)32(58)36(62)33(59)25(10)51)17(43)19(45)7(13(11)39)1-2(8-20(46)28(54)34(60)29(55)21(8)47)14(40)18(44)6(12(1)38)3-4(16(42)27(53)26(52)15(3)41)9-22(48)30(56)35(61)31(57)23(9)49/h37H2. The van der Waals surface area contributed by atoms with E-state index in [1.807, 2.05) is 0 Å². The molecule has 0 aromatic heterocycles. The van der Waals surface area contributed by atoms with Gasteiger partial charge in [0, 0.05) is 27.8 Å². The molecule has 0 aliphatic carbocycles. The van der Waals surface area contributed by atoms with Crippen LogP contribution in [0.4, 0.5) is 110 Å². The van der Waals surface area contributed by atoms with Gasteiger partial charge in [0.15, 0.2) is 116 Å². The van der Waals surface area contributed by atoms with Crippen LogP contribution < -0.4 is 5.46 Å². The van der Waals surface area contributed by atoms with E-state index in [2.05, 4.69) is 0 Å². The van der Waals surface area contributed by atoms with Crippen LogP contribution in [0.25, 0.3) is 55.6 Å². The number of halogens is 25. The van der Waals surface area contributed by atoms with E-state index in [9.17, 15) is 57.1 Å². The third kappa shape index (κ3) is 5.98. The Morgan fingerprint density at radius 2 is 0.258 bits per heavy atom. The Kier molecular flexibility index (Phi) is 11.1. The number of benzene rings is 6. The third-order valence-electron chi connectivity index (χ3n) is 9.02. The lowest BCUT2D eigenvalue weighted by Crippen LogP contribution is -2.21. The SMILES string of the molecule is Bc1c(F)c(-c2c(F)c(-c3c(F)c(F)c(F)c(F)c3-c3c(F)c(F)c(F)c(F)c3F)c(F)c(F)c2-c2c(F)c(F)c(F)c(F)c2F)c(F)c(F)c1-c1c(F)c(F)c(F)c(F)c1F. The van der Waals surface area contributed by atoms with E-state index in [0.29, 0.717) is 0 Å². The van der Waals surface area contributed by atoms with Gasteiger partial charge in [-0.3, -0.25) is 0 Å². The molecule has 6 aromatic rings. The maximum absolute atomic E-state index is 17.0. The van der Waals surface area contributed by atoms with Crippen molar-refractivity contribution in [3.63, 3.8) is 0 Å². The summed E-state index contributed by atoms with van der Waals surface area (Å²) in [5.74, 6) is -81.8. The van der Waals surface area contributed by atoms with Crippen molar-refractivity contribution in [2.45, 2.75) is 0 Å². The highest BCUT2D eigenvalue weighted by atomic mass is 19.2. The van der Waals surface area contributed by atoms with E-state index in [1.54, 1.807) is 0 Å². The van der Waals surface area contributed by atoms with Crippen molar-refractivity contribution in [2.75, 3.05) is 0 Å². The zero-order chi connectivity index (χ0) is 46.8. The Morgan fingerprint density at radius 3 is 0.532 bits per heavy atom. The van der Waals surface area contributed by atoms with E-state index in [-0.39, 0.29) is 7.85 Å². The molecule has 0 N–H and O–H groups in total. The molecule has 6 aromatic carbocycles. The van der Waals surface area contributed by atoms with Crippen LogP contribution in [0.1, 0.15) is 0 Å². The predicted molar refractivity (Wildman–Crippen MR) is 161 cm³/mol. The van der Waals surface area contributed by atoms with Gasteiger partial charge in [0.2, 0.25) is 17.5 Å². The molecule has 0 amide bonds. The van der Waals surface area contributed by atoms with E-state index >= 15 is 52.7 Å². The van der Waals surface area contributed by atoms with Crippen LogP contribution in [0.5, 0.6) is 0 Å². The smallest absolute Gasteiger partial charge is 0.200 e. The van der Waals surface area contributed by atoms with Crippen LogP contribution in [0.2, 0.25) is 0 Å². The first-order valence-corrected chi connectivity index (χ1v) is 15.5. The molecule has 0 radical (unpaired) electrons. The lowest BCUT2D eigenvalue weighted by molar-refractivity contribution is 0.379. The molecule has 0 aliphatic heterocycles. The van der Waals surface area contributed by atoms with Crippen LogP contribution >= 0.6 is 0 Å². The molecule has 62 heavy (non-hydrogen) atoms. The summed E-state index contributed by atoms with van der Waals surface area (Å²) in [7, 11) is -0.0445. The summed E-state index contributed by atoms with van der Waals surface area (Å²) in [4.78, 5) is 0. The summed E-state index contributed by atoms with van der Waals surface area (Å²) in [5.41, 5.74) is -31.6. The molecule has 26 heteroatoms. The van der Waals surface area contributed by atoms with Gasteiger partial charge < -0.3 is 0 Å². The van der Waals surface area contributed by atoms with Crippen molar-refractivity contribution in [2.24, 2.45) is 0 Å². The fourth-order valence-electron chi connectivity index (χ4n) is 6.22. The minimum absolute atomic E-state index is 0.0445. The van der Waals surface area contributed by atoms with Crippen molar-refractivity contribution in [1.82, 2.24) is 0 Å². The van der Waals surface area contributed by atoms with Crippen LogP contribution in [0.3, 0.4) is 0 Å². The van der Waals surface area contributed by atoms with Crippen LogP contribution in [-0.4, -0.2) is 7.85 Å². The number of rotatable bonds is 5. The predicted octanol–water partition coefficient (Wildman–Crippen LogP) is 11.8.